The molecule has 1 aliphatic rings. The zero-order valence-electron chi connectivity index (χ0n) is 11.1. The molecule has 1 atom stereocenters. The molecular formula is C14H21NO3. The number of rotatable bonds is 4. The summed E-state index contributed by atoms with van der Waals surface area (Å²) in [5, 5.41) is 9.27. The van der Waals surface area contributed by atoms with Crippen LogP contribution in [-0.4, -0.2) is 39.0 Å². The minimum atomic E-state index is 0.268. The van der Waals surface area contributed by atoms with Crippen molar-refractivity contribution in [3.05, 3.63) is 18.2 Å². The smallest absolute Gasteiger partial charge is 0.162 e. The Hall–Kier alpha value is -1.42. The minimum Gasteiger partial charge on any atom is -0.493 e. The van der Waals surface area contributed by atoms with E-state index < -0.39 is 0 Å². The first-order chi connectivity index (χ1) is 8.78. The maximum Gasteiger partial charge on any atom is 0.162 e. The minimum absolute atomic E-state index is 0.268. The van der Waals surface area contributed by atoms with Gasteiger partial charge >= 0.3 is 0 Å². The van der Waals surface area contributed by atoms with Gasteiger partial charge in [0.15, 0.2) is 11.5 Å². The first-order valence-electron chi connectivity index (χ1n) is 6.36. The van der Waals surface area contributed by atoms with Gasteiger partial charge in [-0.05, 0) is 30.9 Å². The molecule has 1 unspecified atom stereocenters. The summed E-state index contributed by atoms with van der Waals surface area (Å²) in [5.41, 5.74) is 1.13. The number of hydrogen-bond donors (Lipinski definition) is 1. The highest BCUT2D eigenvalue weighted by Gasteiger charge is 2.20. The second-order valence-electron chi connectivity index (χ2n) is 4.68. The first-order valence-corrected chi connectivity index (χ1v) is 6.36. The summed E-state index contributed by atoms with van der Waals surface area (Å²) in [6.45, 7) is 2.21. The van der Waals surface area contributed by atoms with Crippen molar-refractivity contribution >= 4 is 5.69 Å². The van der Waals surface area contributed by atoms with Crippen LogP contribution < -0.4 is 14.4 Å². The zero-order chi connectivity index (χ0) is 13.0. The average molecular weight is 251 g/mol. The molecule has 0 amide bonds. The van der Waals surface area contributed by atoms with Crippen LogP contribution >= 0.6 is 0 Å². The lowest BCUT2D eigenvalue weighted by atomic mass is 9.98. The summed E-state index contributed by atoms with van der Waals surface area (Å²) in [6.07, 6.45) is 2.24. The number of ether oxygens (including phenoxy) is 2. The molecule has 0 spiro atoms. The van der Waals surface area contributed by atoms with Crippen molar-refractivity contribution in [3.63, 3.8) is 0 Å². The van der Waals surface area contributed by atoms with Crippen LogP contribution in [0, 0.1) is 5.92 Å². The maximum absolute atomic E-state index is 9.27. The molecule has 0 bridgehead atoms. The molecule has 0 aliphatic carbocycles. The topological polar surface area (TPSA) is 41.9 Å². The molecule has 1 aromatic carbocycles. The van der Waals surface area contributed by atoms with Crippen LogP contribution in [0.1, 0.15) is 12.8 Å². The number of piperidine rings is 1. The van der Waals surface area contributed by atoms with Gasteiger partial charge in [0.1, 0.15) is 0 Å². The van der Waals surface area contributed by atoms with E-state index in [1.165, 1.54) is 0 Å². The largest absolute Gasteiger partial charge is 0.493 e. The molecule has 0 radical (unpaired) electrons. The molecule has 1 N–H and O–H groups in total. The van der Waals surface area contributed by atoms with E-state index in [4.69, 9.17) is 9.47 Å². The number of hydrogen-bond acceptors (Lipinski definition) is 4. The van der Waals surface area contributed by atoms with Gasteiger partial charge in [0.25, 0.3) is 0 Å². The fraction of sp³-hybridized carbons (Fsp3) is 0.571. The van der Waals surface area contributed by atoms with Crippen LogP contribution in [-0.2, 0) is 0 Å². The van der Waals surface area contributed by atoms with Crippen LogP contribution in [0.3, 0.4) is 0 Å². The van der Waals surface area contributed by atoms with E-state index in [1.54, 1.807) is 14.2 Å². The number of aliphatic hydroxyl groups excluding tert-OH is 1. The second-order valence-corrected chi connectivity index (χ2v) is 4.68. The van der Waals surface area contributed by atoms with Crippen LogP contribution in [0.2, 0.25) is 0 Å². The normalized spacial score (nSPS) is 19.7. The summed E-state index contributed by atoms with van der Waals surface area (Å²) in [4.78, 5) is 2.30. The van der Waals surface area contributed by atoms with Crippen LogP contribution in [0.5, 0.6) is 11.5 Å². The van der Waals surface area contributed by atoms with Crippen molar-refractivity contribution in [1.82, 2.24) is 0 Å². The molecule has 18 heavy (non-hydrogen) atoms. The fourth-order valence-corrected chi connectivity index (χ4v) is 2.47. The molecule has 0 saturated carbocycles. The number of methoxy groups -OCH3 is 2. The third-order valence-electron chi connectivity index (χ3n) is 3.51. The molecule has 2 rings (SSSR count). The highest BCUT2D eigenvalue weighted by atomic mass is 16.5. The summed E-state index contributed by atoms with van der Waals surface area (Å²) in [6, 6.07) is 5.97. The second kappa shape index (κ2) is 5.96. The van der Waals surface area contributed by atoms with Gasteiger partial charge in [-0.2, -0.15) is 0 Å². The Bertz CT molecular complexity index is 395. The van der Waals surface area contributed by atoms with Crippen molar-refractivity contribution in [2.24, 2.45) is 5.92 Å². The van der Waals surface area contributed by atoms with Gasteiger partial charge in [-0.15, -0.1) is 0 Å². The van der Waals surface area contributed by atoms with Crippen LogP contribution in [0.15, 0.2) is 18.2 Å². The van der Waals surface area contributed by atoms with Crippen molar-refractivity contribution in [1.29, 1.82) is 0 Å². The highest BCUT2D eigenvalue weighted by Crippen LogP contribution is 2.33. The lowest BCUT2D eigenvalue weighted by Gasteiger charge is -2.33. The van der Waals surface area contributed by atoms with E-state index in [0.717, 1.165) is 43.1 Å². The predicted molar refractivity (Wildman–Crippen MR) is 71.6 cm³/mol. The quantitative estimate of drug-likeness (QED) is 0.887. The maximum atomic E-state index is 9.27. The van der Waals surface area contributed by atoms with Crippen molar-refractivity contribution < 1.29 is 14.6 Å². The average Bonchev–Trinajstić information content (AvgIpc) is 2.46. The number of benzene rings is 1. The molecule has 1 heterocycles. The van der Waals surface area contributed by atoms with Gasteiger partial charge in [-0.25, -0.2) is 0 Å². The van der Waals surface area contributed by atoms with Crippen molar-refractivity contribution in [2.45, 2.75) is 12.8 Å². The lowest BCUT2D eigenvalue weighted by molar-refractivity contribution is 0.208. The number of aliphatic hydroxyl groups is 1. The molecule has 4 heteroatoms. The predicted octanol–water partition coefficient (Wildman–Crippen LogP) is 1.91. The van der Waals surface area contributed by atoms with Crippen LogP contribution in [0.25, 0.3) is 0 Å². The molecule has 1 aromatic rings. The SMILES string of the molecule is COc1ccc(N2CCCC(CO)C2)cc1OC. The fourth-order valence-electron chi connectivity index (χ4n) is 2.47. The standard InChI is InChI=1S/C14H21NO3/c1-17-13-6-5-12(8-14(13)18-2)15-7-3-4-11(9-15)10-16/h5-6,8,11,16H,3-4,7,9-10H2,1-2H3. The van der Waals surface area contributed by atoms with E-state index in [0.29, 0.717) is 5.92 Å². The van der Waals surface area contributed by atoms with Gasteiger partial charge in [-0.1, -0.05) is 0 Å². The molecule has 1 fully saturated rings. The Kier molecular flexibility index (Phi) is 4.31. The first kappa shape index (κ1) is 13.0. The van der Waals surface area contributed by atoms with Crippen molar-refractivity contribution in [2.75, 3.05) is 38.8 Å². The third-order valence-corrected chi connectivity index (χ3v) is 3.51. The Labute approximate surface area is 108 Å². The van der Waals surface area contributed by atoms with Crippen LogP contribution in [0.4, 0.5) is 5.69 Å². The van der Waals surface area contributed by atoms with Gasteiger partial charge in [0.05, 0.1) is 14.2 Å². The molecule has 100 valence electrons. The van der Waals surface area contributed by atoms with E-state index in [2.05, 4.69) is 4.90 Å². The Morgan fingerprint density at radius 1 is 1.28 bits per heavy atom. The molecule has 0 aromatic heterocycles. The Morgan fingerprint density at radius 3 is 2.72 bits per heavy atom. The van der Waals surface area contributed by atoms with Gasteiger partial charge in [0, 0.05) is 31.5 Å². The third kappa shape index (κ3) is 2.70. The zero-order valence-corrected chi connectivity index (χ0v) is 11.1. The van der Waals surface area contributed by atoms with E-state index >= 15 is 0 Å². The van der Waals surface area contributed by atoms with Crippen molar-refractivity contribution in [3.8, 4) is 11.5 Å². The summed E-state index contributed by atoms with van der Waals surface area (Å²) in [7, 11) is 3.29. The van der Waals surface area contributed by atoms with E-state index in [9.17, 15) is 5.11 Å². The Morgan fingerprint density at radius 2 is 2.06 bits per heavy atom. The summed E-state index contributed by atoms with van der Waals surface area (Å²) in [5.74, 6) is 1.88. The van der Waals surface area contributed by atoms with Gasteiger partial charge < -0.3 is 19.5 Å². The van der Waals surface area contributed by atoms with E-state index in [1.807, 2.05) is 18.2 Å². The molecular weight excluding hydrogens is 230 g/mol. The number of nitrogens with zero attached hydrogens (tertiary/aromatic N) is 1. The summed E-state index contributed by atoms with van der Waals surface area (Å²) < 4.78 is 10.6. The van der Waals surface area contributed by atoms with Gasteiger partial charge in [-0.3, -0.25) is 0 Å². The van der Waals surface area contributed by atoms with Gasteiger partial charge in [0.2, 0.25) is 0 Å². The lowest BCUT2D eigenvalue weighted by Crippen LogP contribution is -2.36. The Balaban J connectivity index is 2.17. The molecule has 1 saturated heterocycles. The van der Waals surface area contributed by atoms with E-state index in [-0.39, 0.29) is 6.61 Å². The number of anilines is 1. The summed E-state index contributed by atoms with van der Waals surface area (Å²) >= 11 is 0. The monoisotopic (exact) mass is 251 g/mol. The highest BCUT2D eigenvalue weighted by molar-refractivity contribution is 5.56. The molecule has 1 aliphatic heterocycles. The molecule has 4 nitrogen and oxygen atoms in total.